The third-order valence-corrected chi connectivity index (χ3v) is 5.93. The molecular weight excluding hydrogens is 504 g/mol. The molecule has 0 saturated carbocycles. The maximum atomic E-state index is 13.1. The molecule has 0 bridgehead atoms. The lowest BCUT2D eigenvalue weighted by molar-refractivity contribution is -0.144. The Balaban J connectivity index is 2.23. The molecular formula is C26H26O12. The maximum absolute atomic E-state index is 13.1. The molecule has 2 aromatic rings. The van der Waals surface area contributed by atoms with Gasteiger partial charge in [-0.2, -0.15) is 0 Å². The standard InChI is InChI=1S/C26H26O12/c1-5-35-19(29)8-6-7-14(24(30)38-26(32)33)15-10-18(34-4)13(3)21-23(15)36-22-16(11-27)17(28)9-12(2)20(22)25(31)37-21/h9-11,14,28H,5-8H2,1-4H3,(H,32,33). The highest BCUT2D eigenvalue weighted by molar-refractivity contribution is 6.01. The summed E-state index contributed by atoms with van der Waals surface area (Å²) in [5.74, 6) is -4.83. The molecule has 1 aliphatic rings. The van der Waals surface area contributed by atoms with Gasteiger partial charge in [0, 0.05) is 17.5 Å². The summed E-state index contributed by atoms with van der Waals surface area (Å²) in [6.45, 7) is 4.87. The van der Waals surface area contributed by atoms with Gasteiger partial charge in [0.1, 0.15) is 17.1 Å². The predicted molar refractivity (Wildman–Crippen MR) is 128 cm³/mol. The minimum Gasteiger partial charge on any atom is -0.507 e. The molecule has 3 rings (SSSR count). The molecule has 0 amide bonds. The Kier molecular flexibility index (Phi) is 8.56. The van der Waals surface area contributed by atoms with E-state index in [4.69, 9.17) is 24.1 Å². The number of carbonyl (C=O) groups excluding carboxylic acids is 4. The van der Waals surface area contributed by atoms with Crippen LogP contribution in [0.25, 0.3) is 0 Å². The number of methoxy groups -OCH3 is 1. The first-order valence-electron chi connectivity index (χ1n) is 11.6. The Labute approximate surface area is 217 Å². The molecule has 0 fully saturated rings. The number of phenolic OH excluding ortho intramolecular Hbond substituents is 1. The Morgan fingerprint density at radius 3 is 2.42 bits per heavy atom. The van der Waals surface area contributed by atoms with Crippen LogP contribution in [0.3, 0.4) is 0 Å². The van der Waals surface area contributed by atoms with E-state index < -0.39 is 35.7 Å². The summed E-state index contributed by atoms with van der Waals surface area (Å²) < 4.78 is 26.4. The first kappa shape index (κ1) is 28.0. The average molecular weight is 530 g/mol. The molecule has 0 aliphatic carbocycles. The topological polar surface area (TPSA) is 172 Å². The van der Waals surface area contributed by atoms with Crippen molar-refractivity contribution in [3.8, 4) is 28.7 Å². The Morgan fingerprint density at radius 2 is 1.82 bits per heavy atom. The number of fused-ring (bicyclic) bond motifs is 2. The Morgan fingerprint density at radius 1 is 1.11 bits per heavy atom. The SMILES string of the molecule is CCOC(=O)CCCC(C(=O)OC(=O)O)c1cc(OC)c(C)c2c1Oc1c(C=O)c(O)cc(C)c1C(=O)O2. The largest absolute Gasteiger partial charge is 0.513 e. The van der Waals surface area contributed by atoms with Crippen LogP contribution in [-0.4, -0.2) is 54.3 Å². The van der Waals surface area contributed by atoms with E-state index in [1.807, 2.05) is 0 Å². The highest BCUT2D eigenvalue weighted by Gasteiger charge is 2.36. The Hall–Kier alpha value is -4.61. The number of esters is 3. The monoisotopic (exact) mass is 530 g/mol. The number of rotatable bonds is 9. The van der Waals surface area contributed by atoms with Crippen LogP contribution in [0.15, 0.2) is 12.1 Å². The second-order valence-electron chi connectivity index (χ2n) is 8.33. The zero-order valence-corrected chi connectivity index (χ0v) is 21.1. The highest BCUT2D eigenvalue weighted by Crippen LogP contribution is 2.50. The predicted octanol–water partition coefficient (Wildman–Crippen LogP) is 4.19. The fourth-order valence-corrected chi connectivity index (χ4v) is 4.17. The van der Waals surface area contributed by atoms with E-state index in [0.29, 0.717) is 11.8 Å². The van der Waals surface area contributed by atoms with Crippen molar-refractivity contribution in [2.75, 3.05) is 13.7 Å². The second kappa shape index (κ2) is 11.6. The summed E-state index contributed by atoms with van der Waals surface area (Å²) in [4.78, 5) is 60.9. The van der Waals surface area contributed by atoms with Gasteiger partial charge >= 0.3 is 24.1 Å². The fourth-order valence-electron chi connectivity index (χ4n) is 4.17. The van der Waals surface area contributed by atoms with Crippen molar-refractivity contribution in [1.29, 1.82) is 0 Å². The van der Waals surface area contributed by atoms with Crippen molar-refractivity contribution in [3.63, 3.8) is 0 Å². The number of carboxylic acid groups (broad SMARTS) is 1. The van der Waals surface area contributed by atoms with E-state index in [1.165, 1.54) is 26.2 Å². The summed E-state index contributed by atoms with van der Waals surface area (Å²) in [5.41, 5.74) is 0.109. The van der Waals surface area contributed by atoms with E-state index in [2.05, 4.69) is 4.74 Å². The normalized spacial score (nSPS) is 12.6. The van der Waals surface area contributed by atoms with Crippen molar-refractivity contribution >= 4 is 30.3 Å². The Bertz CT molecular complexity index is 1310. The molecule has 12 heteroatoms. The molecule has 1 unspecified atom stereocenters. The third-order valence-electron chi connectivity index (χ3n) is 5.93. The summed E-state index contributed by atoms with van der Waals surface area (Å²) >= 11 is 0. The number of aromatic hydroxyl groups is 1. The average Bonchev–Trinajstić information content (AvgIpc) is 2.99. The van der Waals surface area contributed by atoms with Crippen LogP contribution in [0.5, 0.6) is 28.7 Å². The van der Waals surface area contributed by atoms with Gasteiger partial charge in [0.05, 0.1) is 25.2 Å². The summed E-state index contributed by atoms with van der Waals surface area (Å²) in [6, 6.07) is 2.60. The van der Waals surface area contributed by atoms with Gasteiger partial charge < -0.3 is 33.9 Å². The van der Waals surface area contributed by atoms with Crippen LogP contribution in [0, 0.1) is 13.8 Å². The number of aryl methyl sites for hydroxylation is 1. The van der Waals surface area contributed by atoms with Crippen molar-refractivity contribution in [2.45, 2.75) is 46.0 Å². The van der Waals surface area contributed by atoms with Crippen LogP contribution < -0.4 is 14.2 Å². The zero-order chi connectivity index (χ0) is 28.1. The van der Waals surface area contributed by atoms with E-state index in [9.17, 15) is 29.1 Å². The number of phenols is 1. The molecule has 0 radical (unpaired) electrons. The highest BCUT2D eigenvalue weighted by atomic mass is 16.7. The van der Waals surface area contributed by atoms with Gasteiger partial charge in [0.2, 0.25) is 0 Å². The molecule has 1 atom stereocenters. The van der Waals surface area contributed by atoms with Gasteiger partial charge in [-0.25, -0.2) is 9.59 Å². The molecule has 2 aromatic carbocycles. The third kappa shape index (κ3) is 5.53. The summed E-state index contributed by atoms with van der Waals surface area (Å²) in [5, 5.41) is 19.4. The van der Waals surface area contributed by atoms with Crippen LogP contribution in [0.2, 0.25) is 0 Å². The number of aldehydes is 1. The van der Waals surface area contributed by atoms with Gasteiger partial charge in [-0.1, -0.05) is 0 Å². The maximum Gasteiger partial charge on any atom is 0.513 e. The molecule has 12 nitrogen and oxygen atoms in total. The van der Waals surface area contributed by atoms with Crippen molar-refractivity contribution in [2.24, 2.45) is 0 Å². The lowest BCUT2D eigenvalue weighted by Gasteiger charge is -2.22. The molecule has 2 N–H and O–H groups in total. The summed E-state index contributed by atoms with van der Waals surface area (Å²) in [6.07, 6.45) is -1.61. The van der Waals surface area contributed by atoms with Gasteiger partial charge in [0.25, 0.3) is 0 Å². The van der Waals surface area contributed by atoms with Gasteiger partial charge in [-0.05, 0) is 51.3 Å². The molecule has 0 aromatic heterocycles. The lowest BCUT2D eigenvalue weighted by atomic mass is 9.91. The van der Waals surface area contributed by atoms with Crippen molar-refractivity contribution < 1.29 is 57.9 Å². The smallest absolute Gasteiger partial charge is 0.507 e. The number of carbonyl (C=O) groups is 5. The molecule has 38 heavy (non-hydrogen) atoms. The minimum atomic E-state index is -1.85. The quantitative estimate of drug-likeness (QED) is 0.205. The van der Waals surface area contributed by atoms with Gasteiger partial charge in [0.15, 0.2) is 23.5 Å². The lowest BCUT2D eigenvalue weighted by Crippen LogP contribution is -2.20. The number of hydrogen-bond donors (Lipinski definition) is 2. The number of ether oxygens (including phenoxy) is 5. The molecule has 1 aliphatic heterocycles. The van der Waals surface area contributed by atoms with Crippen LogP contribution in [-0.2, 0) is 19.1 Å². The van der Waals surface area contributed by atoms with Crippen LogP contribution in [0.1, 0.15) is 69.5 Å². The van der Waals surface area contributed by atoms with E-state index >= 15 is 0 Å². The molecule has 1 heterocycles. The van der Waals surface area contributed by atoms with Crippen molar-refractivity contribution in [1.82, 2.24) is 0 Å². The van der Waals surface area contributed by atoms with Gasteiger partial charge in [-0.3, -0.25) is 14.4 Å². The first-order valence-corrected chi connectivity index (χ1v) is 11.6. The second-order valence-corrected chi connectivity index (χ2v) is 8.33. The fraction of sp³-hybridized carbons (Fsp3) is 0.346. The molecule has 202 valence electrons. The van der Waals surface area contributed by atoms with Crippen molar-refractivity contribution in [3.05, 3.63) is 39.9 Å². The van der Waals surface area contributed by atoms with Gasteiger partial charge in [-0.15, -0.1) is 0 Å². The number of benzene rings is 2. The molecule has 0 saturated heterocycles. The zero-order valence-electron chi connectivity index (χ0n) is 21.1. The molecule has 0 spiro atoms. The van der Waals surface area contributed by atoms with E-state index in [-0.39, 0.29) is 71.1 Å². The van der Waals surface area contributed by atoms with E-state index in [0.717, 1.165) is 0 Å². The first-order chi connectivity index (χ1) is 18.0. The van der Waals surface area contributed by atoms with Crippen LogP contribution >= 0.6 is 0 Å². The summed E-state index contributed by atoms with van der Waals surface area (Å²) in [7, 11) is 1.34. The van der Waals surface area contributed by atoms with Crippen LogP contribution in [0.4, 0.5) is 4.79 Å². The van der Waals surface area contributed by atoms with E-state index in [1.54, 1.807) is 13.8 Å². The number of hydrogen-bond acceptors (Lipinski definition) is 11. The minimum absolute atomic E-state index is 0.0102.